The monoisotopic (exact) mass is 237 g/mol. The molecule has 1 nitrogen and oxygen atoms in total. The first-order chi connectivity index (χ1) is 7.47. The second-order valence-electron chi connectivity index (χ2n) is 4.78. The van der Waals surface area contributed by atoms with Crippen LogP contribution >= 0.6 is 12.6 Å². The summed E-state index contributed by atoms with van der Waals surface area (Å²) in [6.07, 6.45) is 1.10. The van der Waals surface area contributed by atoms with Crippen molar-refractivity contribution < 1.29 is 0 Å². The zero-order chi connectivity index (χ0) is 12.3. The van der Waals surface area contributed by atoms with Crippen LogP contribution < -0.4 is 0 Å². The number of aryl methyl sites for hydroxylation is 3. The van der Waals surface area contributed by atoms with Crippen molar-refractivity contribution in [1.29, 1.82) is 0 Å². The average Bonchev–Trinajstić information content (AvgIpc) is 2.20. The molecular weight excluding hydrogens is 214 g/mol. The van der Waals surface area contributed by atoms with E-state index in [2.05, 4.69) is 64.5 Å². The van der Waals surface area contributed by atoms with Crippen LogP contribution in [0.15, 0.2) is 12.1 Å². The Kier molecular flexibility index (Phi) is 4.88. The van der Waals surface area contributed by atoms with E-state index in [1.807, 2.05) is 0 Å². The minimum absolute atomic E-state index is 0.483. The van der Waals surface area contributed by atoms with Crippen LogP contribution in [0.3, 0.4) is 0 Å². The minimum atomic E-state index is 0.483. The Bertz CT molecular complexity index is 358. The van der Waals surface area contributed by atoms with E-state index in [0.717, 1.165) is 12.2 Å². The van der Waals surface area contributed by atoms with Crippen LogP contribution in [0.5, 0.6) is 0 Å². The molecule has 1 aromatic carbocycles. The topological polar surface area (TPSA) is 3.24 Å². The number of nitrogens with zero attached hydrogens (tertiary/aromatic N) is 1. The van der Waals surface area contributed by atoms with Gasteiger partial charge in [0.1, 0.15) is 0 Å². The predicted molar refractivity (Wildman–Crippen MR) is 75.6 cm³/mol. The van der Waals surface area contributed by atoms with Crippen molar-refractivity contribution in [3.05, 3.63) is 34.4 Å². The van der Waals surface area contributed by atoms with E-state index in [-0.39, 0.29) is 0 Å². The third-order valence-corrected chi connectivity index (χ3v) is 3.53. The van der Waals surface area contributed by atoms with Gasteiger partial charge in [0.05, 0.1) is 0 Å². The zero-order valence-electron chi connectivity index (χ0n) is 11.0. The van der Waals surface area contributed by atoms with Crippen LogP contribution in [0, 0.1) is 20.8 Å². The molecule has 0 aliphatic rings. The van der Waals surface area contributed by atoms with E-state index in [4.69, 9.17) is 0 Å². The van der Waals surface area contributed by atoms with Gasteiger partial charge in [-0.2, -0.15) is 12.6 Å². The van der Waals surface area contributed by atoms with Crippen molar-refractivity contribution in [2.45, 2.75) is 33.2 Å². The normalized spacial score (nSPS) is 13.2. The Balaban J connectivity index is 3.13. The Labute approximate surface area is 105 Å². The van der Waals surface area contributed by atoms with Gasteiger partial charge in [-0.3, -0.25) is 0 Å². The second kappa shape index (κ2) is 5.74. The van der Waals surface area contributed by atoms with Gasteiger partial charge in [-0.25, -0.2) is 0 Å². The van der Waals surface area contributed by atoms with Gasteiger partial charge >= 0.3 is 0 Å². The number of hydrogen-bond donors (Lipinski definition) is 1. The van der Waals surface area contributed by atoms with Gasteiger partial charge in [0.25, 0.3) is 0 Å². The highest BCUT2D eigenvalue weighted by Gasteiger charge is 2.16. The first-order valence-electron chi connectivity index (χ1n) is 5.82. The molecule has 0 radical (unpaired) electrons. The lowest BCUT2D eigenvalue weighted by atomic mass is 9.94. The summed E-state index contributed by atoms with van der Waals surface area (Å²) in [4.78, 5) is 2.29. The smallest absolute Gasteiger partial charge is 0.0352 e. The highest BCUT2D eigenvalue weighted by molar-refractivity contribution is 7.80. The Morgan fingerprint density at radius 1 is 1.06 bits per heavy atom. The maximum Gasteiger partial charge on any atom is 0.0352 e. The maximum absolute atomic E-state index is 4.36. The van der Waals surface area contributed by atoms with Crippen molar-refractivity contribution in [1.82, 2.24) is 4.90 Å². The summed E-state index contributed by atoms with van der Waals surface area (Å²) in [7, 11) is 4.28. The first-order valence-corrected chi connectivity index (χ1v) is 6.45. The Morgan fingerprint density at radius 2 is 1.62 bits per heavy atom. The molecule has 0 bridgehead atoms. The van der Waals surface area contributed by atoms with Crippen LogP contribution in [0.1, 0.15) is 34.7 Å². The van der Waals surface area contributed by atoms with Crippen molar-refractivity contribution >= 4 is 12.6 Å². The molecule has 0 saturated heterocycles. The zero-order valence-corrected chi connectivity index (χ0v) is 11.9. The summed E-state index contributed by atoms with van der Waals surface area (Å²) in [6.45, 7) is 6.57. The van der Waals surface area contributed by atoms with Gasteiger partial charge in [-0.1, -0.05) is 12.1 Å². The van der Waals surface area contributed by atoms with Crippen LogP contribution in [-0.2, 0) is 0 Å². The first kappa shape index (κ1) is 13.6. The number of thiol groups is 1. The largest absolute Gasteiger partial charge is 0.302 e. The lowest BCUT2D eigenvalue weighted by molar-refractivity contribution is 0.292. The van der Waals surface area contributed by atoms with Crippen LogP contribution in [-0.4, -0.2) is 24.7 Å². The molecule has 1 rings (SSSR count). The van der Waals surface area contributed by atoms with Crippen LogP contribution in [0.25, 0.3) is 0 Å². The van der Waals surface area contributed by atoms with E-state index < -0.39 is 0 Å². The fourth-order valence-corrected chi connectivity index (χ4v) is 2.40. The van der Waals surface area contributed by atoms with E-state index in [0.29, 0.717) is 6.04 Å². The fourth-order valence-electron chi connectivity index (χ4n) is 2.16. The summed E-state index contributed by atoms with van der Waals surface area (Å²) >= 11 is 4.36. The molecule has 0 aliphatic heterocycles. The molecule has 0 amide bonds. The number of hydrogen-bond acceptors (Lipinski definition) is 2. The third-order valence-electron chi connectivity index (χ3n) is 3.27. The lowest BCUT2D eigenvalue weighted by Gasteiger charge is -2.26. The van der Waals surface area contributed by atoms with Gasteiger partial charge in [0.2, 0.25) is 0 Å². The molecular formula is C14H23NS. The minimum Gasteiger partial charge on any atom is -0.302 e. The van der Waals surface area contributed by atoms with E-state index in [1.165, 1.54) is 22.3 Å². The maximum atomic E-state index is 4.36. The SMILES string of the molecule is Cc1cc(C)c(C(CCS)N(C)C)cc1C. The summed E-state index contributed by atoms with van der Waals surface area (Å²) in [5.74, 6) is 0.926. The van der Waals surface area contributed by atoms with Crippen LogP contribution in [0.4, 0.5) is 0 Å². The summed E-state index contributed by atoms with van der Waals surface area (Å²) in [5, 5.41) is 0. The van der Waals surface area contributed by atoms with Crippen LogP contribution in [0.2, 0.25) is 0 Å². The van der Waals surface area contributed by atoms with Gasteiger partial charge in [0, 0.05) is 6.04 Å². The Morgan fingerprint density at radius 3 is 2.12 bits per heavy atom. The van der Waals surface area contributed by atoms with Gasteiger partial charge in [-0.15, -0.1) is 0 Å². The highest BCUT2D eigenvalue weighted by atomic mass is 32.1. The molecule has 0 aromatic heterocycles. The fraction of sp³-hybridized carbons (Fsp3) is 0.571. The molecule has 16 heavy (non-hydrogen) atoms. The molecule has 2 heteroatoms. The van der Waals surface area contributed by atoms with Crippen molar-refractivity contribution in [3.63, 3.8) is 0 Å². The van der Waals surface area contributed by atoms with Gasteiger partial charge in [-0.05, 0) is 69.3 Å². The molecule has 0 heterocycles. The quantitative estimate of drug-likeness (QED) is 0.784. The molecule has 1 atom stereocenters. The standard InChI is InChI=1S/C14H23NS/c1-10-8-12(3)13(9-11(10)2)14(6-7-16)15(4)5/h8-9,14,16H,6-7H2,1-5H3. The lowest BCUT2D eigenvalue weighted by Crippen LogP contribution is -2.21. The van der Waals surface area contributed by atoms with E-state index in [1.54, 1.807) is 0 Å². The molecule has 0 saturated carbocycles. The summed E-state index contributed by atoms with van der Waals surface area (Å²) in [5.41, 5.74) is 5.60. The van der Waals surface area contributed by atoms with Gasteiger partial charge < -0.3 is 4.90 Å². The van der Waals surface area contributed by atoms with E-state index >= 15 is 0 Å². The summed E-state index contributed by atoms with van der Waals surface area (Å²) in [6, 6.07) is 5.11. The molecule has 0 N–H and O–H groups in total. The molecule has 0 spiro atoms. The van der Waals surface area contributed by atoms with E-state index in [9.17, 15) is 0 Å². The molecule has 1 unspecified atom stereocenters. The third kappa shape index (κ3) is 3.02. The predicted octanol–water partition coefficient (Wildman–Crippen LogP) is 3.53. The van der Waals surface area contributed by atoms with Gasteiger partial charge in [0.15, 0.2) is 0 Å². The second-order valence-corrected chi connectivity index (χ2v) is 5.23. The molecule has 0 aliphatic carbocycles. The molecule has 1 aromatic rings. The summed E-state index contributed by atoms with van der Waals surface area (Å²) < 4.78 is 0. The molecule has 90 valence electrons. The Hall–Kier alpha value is -0.470. The molecule has 0 fully saturated rings. The average molecular weight is 237 g/mol. The van der Waals surface area contributed by atoms with Crippen molar-refractivity contribution in [2.75, 3.05) is 19.8 Å². The van der Waals surface area contributed by atoms with Crippen molar-refractivity contribution in [3.8, 4) is 0 Å². The number of rotatable bonds is 4. The highest BCUT2D eigenvalue weighted by Crippen LogP contribution is 2.27. The number of benzene rings is 1. The van der Waals surface area contributed by atoms with Crippen molar-refractivity contribution in [2.24, 2.45) is 0 Å².